The number of rotatable bonds is 4. The van der Waals surface area contributed by atoms with Gasteiger partial charge in [-0.1, -0.05) is 0 Å². The van der Waals surface area contributed by atoms with E-state index in [0.717, 1.165) is 0 Å². The third-order valence-corrected chi connectivity index (χ3v) is 2.74. The summed E-state index contributed by atoms with van der Waals surface area (Å²) in [6.07, 6.45) is 1.52. The molecule has 2 rings (SSSR count). The van der Waals surface area contributed by atoms with E-state index in [2.05, 4.69) is 5.32 Å². The maximum Gasteiger partial charge on any atom is 0.274 e. The Hall–Kier alpha value is -2.76. The van der Waals surface area contributed by atoms with E-state index >= 15 is 0 Å². The van der Waals surface area contributed by atoms with E-state index in [1.165, 1.54) is 16.8 Å². The number of nitrogen functional groups attached to an aromatic ring is 1. The smallest absolute Gasteiger partial charge is 0.274 e. The van der Waals surface area contributed by atoms with E-state index in [1.54, 1.807) is 37.4 Å². The minimum Gasteiger partial charge on any atom is -0.497 e. The Morgan fingerprint density at radius 2 is 2.00 bits per heavy atom. The maximum absolute atomic E-state index is 11.9. The van der Waals surface area contributed by atoms with Gasteiger partial charge in [-0.25, -0.2) is 0 Å². The maximum atomic E-state index is 11.9. The zero-order valence-electron chi connectivity index (χ0n) is 11.0. The second kappa shape index (κ2) is 5.92. The highest BCUT2D eigenvalue weighted by molar-refractivity contribution is 5.90. The van der Waals surface area contributed by atoms with Gasteiger partial charge in [0.2, 0.25) is 5.91 Å². The zero-order valence-corrected chi connectivity index (χ0v) is 11.0. The number of carbonyl (C=O) groups excluding carboxylic acids is 1. The van der Waals surface area contributed by atoms with Gasteiger partial charge in [0, 0.05) is 11.9 Å². The van der Waals surface area contributed by atoms with Crippen molar-refractivity contribution < 1.29 is 9.53 Å². The molecular formula is C14H15N3O3. The van der Waals surface area contributed by atoms with Gasteiger partial charge in [-0.15, -0.1) is 0 Å². The predicted octanol–water partition coefficient (Wildman–Crippen LogP) is 1.08. The average molecular weight is 273 g/mol. The van der Waals surface area contributed by atoms with Crippen molar-refractivity contribution in [2.75, 3.05) is 18.2 Å². The van der Waals surface area contributed by atoms with E-state index in [1.807, 2.05) is 0 Å². The third kappa shape index (κ3) is 3.17. The average Bonchev–Trinajstić information content (AvgIpc) is 2.45. The first-order valence-corrected chi connectivity index (χ1v) is 5.99. The molecule has 0 aliphatic carbocycles. The summed E-state index contributed by atoms with van der Waals surface area (Å²) < 4.78 is 6.28. The van der Waals surface area contributed by atoms with Crippen molar-refractivity contribution >= 4 is 17.3 Å². The minimum absolute atomic E-state index is 0.0874. The first kappa shape index (κ1) is 13.7. The van der Waals surface area contributed by atoms with Gasteiger partial charge in [-0.05, 0) is 36.4 Å². The van der Waals surface area contributed by atoms with Crippen molar-refractivity contribution in [2.24, 2.45) is 0 Å². The van der Waals surface area contributed by atoms with Gasteiger partial charge in [-0.3, -0.25) is 9.59 Å². The number of amides is 1. The number of pyridine rings is 1. The third-order valence-electron chi connectivity index (χ3n) is 2.74. The molecule has 20 heavy (non-hydrogen) atoms. The van der Waals surface area contributed by atoms with Gasteiger partial charge in [-0.2, -0.15) is 0 Å². The van der Waals surface area contributed by atoms with Crippen molar-refractivity contribution in [2.45, 2.75) is 6.54 Å². The lowest BCUT2D eigenvalue weighted by atomic mass is 10.3. The second-order valence-corrected chi connectivity index (χ2v) is 4.17. The summed E-state index contributed by atoms with van der Waals surface area (Å²) in [6.45, 7) is -0.0874. The van der Waals surface area contributed by atoms with Crippen LogP contribution in [0.4, 0.5) is 11.4 Å². The van der Waals surface area contributed by atoms with Gasteiger partial charge in [0.15, 0.2) is 0 Å². The lowest BCUT2D eigenvalue weighted by Gasteiger charge is -2.08. The van der Waals surface area contributed by atoms with Gasteiger partial charge >= 0.3 is 0 Å². The standard InChI is InChI=1S/C14H15N3O3/c1-20-11-6-4-10(5-7-11)16-13(18)9-17-8-2-3-12(15)14(17)19/h2-8H,9,15H2,1H3,(H,16,18). The molecule has 1 aromatic heterocycles. The Morgan fingerprint density at radius 1 is 1.30 bits per heavy atom. The van der Waals surface area contributed by atoms with Crippen molar-refractivity contribution in [1.82, 2.24) is 4.57 Å². The van der Waals surface area contributed by atoms with E-state index in [4.69, 9.17) is 10.5 Å². The molecule has 0 bridgehead atoms. The number of hydrogen-bond donors (Lipinski definition) is 2. The van der Waals surface area contributed by atoms with Crippen LogP contribution in [0, 0.1) is 0 Å². The van der Waals surface area contributed by atoms with Crippen molar-refractivity contribution in [1.29, 1.82) is 0 Å². The fourth-order valence-electron chi connectivity index (χ4n) is 1.71. The number of benzene rings is 1. The summed E-state index contributed by atoms with van der Waals surface area (Å²) in [5.41, 5.74) is 5.87. The first-order chi connectivity index (χ1) is 9.60. The van der Waals surface area contributed by atoms with Crippen molar-refractivity contribution in [3.8, 4) is 5.75 Å². The Bertz CT molecular complexity index is 662. The molecule has 0 saturated carbocycles. The highest BCUT2D eigenvalue weighted by atomic mass is 16.5. The predicted molar refractivity (Wildman–Crippen MR) is 76.7 cm³/mol. The topological polar surface area (TPSA) is 86.3 Å². The molecule has 1 amide bonds. The molecule has 104 valence electrons. The summed E-state index contributed by atoms with van der Waals surface area (Å²) in [5.74, 6) is 0.401. The number of methoxy groups -OCH3 is 1. The number of anilines is 2. The Morgan fingerprint density at radius 3 is 2.65 bits per heavy atom. The number of ether oxygens (including phenoxy) is 1. The molecule has 1 heterocycles. The molecule has 3 N–H and O–H groups in total. The normalized spacial score (nSPS) is 10.1. The van der Waals surface area contributed by atoms with Crippen molar-refractivity contribution in [3.63, 3.8) is 0 Å². The van der Waals surface area contributed by atoms with Gasteiger partial charge in [0.1, 0.15) is 12.3 Å². The van der Waals surface area contributed by atoms with Crippen LogP contribution in [-0.2, 0) is 11.3 Å². The molecular weight excluding hydrogens is 258 g/mol. The van der Waals surface area contributed by atoms with Gasteiger partial charge < -0.3 is 20.4 Å². The molecule has 0 fully saturated rings. The summed E-state index contributed by atoms with van der Waals surface area (Å²) in [5, 5.41) is 2.69. The van der Waals surface area contributed by atoms with Crippen LogP contribution in [0.2, 0.25) is 0 Å². The van der Waals surface area contributed by atoms with E-state index < -0.39 is 0 Å². The van der Waals surface area contributed by atoms with Gasteiger partial charge in [0.25, 0.3) is 5.56 Å². The molecule has 6 nitrogen and oxygen atoms in total. The number of aromatic nitrogens is 1. The fourth-order valence-corrected chi connectivity index (χ4v) is 1.71. The second-order valence-electron chi connectivity index (χ2n) is 4.17. The van der Waals surface area contributed by atoms with Crippen LogP contribution < -0.4 is 21.3 Å². The van der Waals surface area contributed by atoms with E-state index in [9.17, 15) is 9.59 Å². The number of nitrogens with two attached hydrogens (primary N) is 1. The summed E-state index contributed by atoms with van der Waals surface area (Å²) in [6, 6.07) is 10.0. The molecule has 0 spiro atoms. The summed E-state index contributed by atoms with van der Waals surface area (Å²) in [7, 11) is 1.57. The SMILES string of the molecule is COc1ccc(NC(=O)Cn2cccc(N)c2=O)cc1. The zero-order chi connectivity index (χ0) is 14.5. The summed E-state index contributed by atoms with van der Waals surface area (Å²) >= 11 is 0. The molecule has 0 atom stereocenters. The molecule has 2 aromatic rings. The van der Waals surface area contributed by atoms with E-state index in [0.29, 0.717) is 11.4 Å². The Labute approximate surface area is 115 Å². The van der Waals surface area contributed by atoms with Crippen LogP contribution in [0.5, 0.6) is 5.75 Å². The van der Waals surface area contributed by atoms with Crippen LogP contribution in [0.3, 0.4) is 0 Å². The lowest BCUT2D eigenvalue weighted by molar-refractivity contribution is -0.116. The molecule has 6 heteroatoms. The Kier molecular flexibility index (Phi) is 4.05. The number of carbonyl (C=O) groups is 1. The van der Waals surface area contributed by atoms with Crippen LogP contribution >= 0.6 is 0 Å². The number of nitrogens with zero attached hydrogens (tertiary/aromatic N) is 1. The number of hydrogen-bond acceptors (Lipinski definition) is 4. The Balaban J connectivity index is 2.05. The highest BCUT2D eigenvalue weighted by Gasteiger charge is 2.06. The molecule has 0 saturated heterocycles. The van der Waals surface area contributed by atoms with Crippen molar-refractivity contribution in [3.05, 3.63) is 52.9 Å². The number of nitrogens with one attached hydrogen (secondary N) is 1. The largest absolute Gasteiger partial charge is 0.497 e. The lowest BCUT2D eigenvalue weighted by Crippen LogP contribution is -2.28. The monoisotopic (exact) mass is 273 g/mol. The minimum atomic E-state index is -0.377. The molecule has 0 aliphatic heterocycles. The van der Waals surface area contributed by atoms with Crippen LogP contribution in [0.25, 0.3) is 0 Å². The quantitative estimate of drug-likeness (QED) is 0.872. The first-order valence-electron chi connectivity index (χ1n) is 5.99. The molecule has 0 aliphatic rings. The van der Waals surface area contributed by atoms with Gasteiger partial charge in [0.05, 0.1) is 12.8 Å². The van der Waals surface area contributed by atoms with Crippen LogP contribution in [0.15, 0.2) is 47.4 Å². The molecule has 0 radical (unpaired) electrons. The van der Waals surface area contributed by atoms with Crippen LogP contribution in [0.1, 0.15) is 0 Å². The summed E-state index contributed by atoms with van der Waals surface area (Å²) in [4.78, 5) is 23.5. The van der Waals surface area contributed by atoms with E-state index in [-0.39, 0.29) is 23.7 Å². The fraction of sp³-hybridized carbons (Fsp3) is 0.143. The molecule has 1 aromatic carbocycles. The van der Waals surface area contributed by atoms with Crippen LogP contribution in [-0.4, -0.2) is 17.6 Å². The molecule has 0 unspecified atom stereocenters. The highest BCUT2D eigenvalue weighted by Crippen LogP contribution is 2.14.